The van der Waals surface area contributed by atoms with Crippen LogP contribution in [-0.2, 0) is 6.42 Å². The average molecular weight is 155 g/mol. The van der Waals surface area contributed by atoms with Crippen molar-refractivity contribution in [3.8, 4) is 5.88 Å². The van der Waals surface area contributed by atoms with Crippen LogP contribution in [0.15, 0.2) is 12.3 Å². The fraction of sp³-hybridized carbons (Fsp3) is 0.375. The molecule has 0 saturated heterocycles. The lowest BCUT2D eigenvalue weighted by molar-refractivity contribution is 0.368. The highest BCUT2D eigenvalue weighted by atomic mass is 19.1. The van der Waals surface area contributed by atoms with Gasteiger partial charge in [-0.05, 0) is 18.1 Å². The van der Waals surface area contributed by atoms with Gasteiger partial charge in [0.1, 0.15) is 0 Å². The summed E-state index contributed by atoms with van der Waals surface area (Å²) in [5, 5.41) is 0. The molecule has 0 atom stereocenters. The van der Waals surface area contributed by atoms with Crippen molar-refractivity contribution in [2.24, 2.45) is 0 Å². The van der Waals surface area contributed by atoms with Crippen LogP contribution in [0.4, 0.5) is 4.39 Å². The Labute approximate surface area is 65.0 Å². The Kier molecular flexibility index (Phi) is 2.41. The maximum atomic E-state index is 12.8. The fourth-order valence-corrected chi connectivity index (χ4v) is 0.809. The van der Waals surface area contributed by atoms with E-state index in [1.165, 1.54) is 13.2 Å². The molecule has 0 amide bonds. The second kappa shape index (κ2) is 3.32. The summed E-state index contributed by atoms with van der Waals surface area (Å²) in [6.07, 6.45) is 2.40. The summed E-state index contributed by atoms with van der Waals surface area (Å²) in [6.45, 7) is 1.95. The number of rotatable bonds is 2. The SMILES string of the molecule is CCc1cnc(OC)c(F)c1. The summed E-state index contributed by atoms with van der Waals surface area (Å²) in [7, 11) is 1.40. The standard InChI is InChI=1S/C8H10FNO/c1-3-6-4-7(9)8(11-2)10-5-6/h4-5H,3H2,1-2H3. The van der Waals surface area contributed by atoms with Crippen LogP contribution in [0.3, 0.4) is 0 Å². The highest BCUT2D eigenvalue weighted by molar-refractivity contribution is 5.19. The van der Waals surface area contributed by atoms with Crippen molar-refractivity contribution in [2.45, 2.75) is 13.3 Å². The normalized spacial score (nSPS) is 9.73. The molecule has 60 valence electrons. The molecule has 0 aromatic carbocycles. The zero-order valence-electron chi connectivity index (χ0n) is 6.60. The van der Waals surface area contributed by atoms with Crippen LogP contribution in [0.5, 0.6) is 5.88 Å². The summed E-state index contributed by atoms with van der Waals surface area (Å²) in [5.41, 5.74) is 0.878. The van der Waals surface area contributed by atoms with Gasteiger partial charge in [-0.25, -0.2) is 9.37 Å². The number of methoxy groups -OCH3 is 1. The third kappa shape index (κ3) is 1.67. The number of pyridine rings is 1. The molecule has 0 saturated carbocycles. The van der Waals surface area contributed by atoms with Crippen molar-refractivity contribution >= 4 is 0 Å². The number of ether oxygens (including phenoxy) is 1. The van der Waals surface area contributed by atoms with E-state index in [4.69, 9.17) is 0 Å². The topological polar surface area (TPSA) is 22.1 Å². The summed E-state index contributed by atoms with van der Waals surface area (Å²) < 4.78 is 17.5. The highest BCUT2D eigenvalue weighted by Crippen LogP contribution is 2.13. The number of hydrogen-bond donors (Lipinski definition) is 0. The Balaban J connectivity index is 2.99. The van der Waals surface area contributed by atoms with Gasteiger partial charge in [0.2, 0.25) is 5.88 Å². The van der Waals surface area contributed by atoms with E-state index in [0.717, 1.165) is 12.0 Å². The first-order valence-corrected chi connectivity index (χ1v) is 3.46. The molecule has 11 heavy (non-hydrogen) atoms. The second-order valence-electron chi connectivity index (χ2n) is 2.19. The van der Waals surface area contributed by atoms with E-state index in [1.54, 1.807) is 6.20 Å². The van der Waals surface area contributed by atoms with Gasteiger partial charge in [-0.15, -0.1) is 0 Å². The molecule has 1 aromatic rings. The number of nitrogens with zero attached hydrogens (tertiary/aromatic N) is 1. The number of aromatic nitrogens is 1. The van der Waals surface area contributed by atoms with Crippen LogP contribution in [0.1, 0.15) is 12.5 Å². The summed E-state index contributed by atoms with van der Waals surface area (Å²) in [5.74, 6) is -0.339. The molecular formula is C8H10FNO. The molecule has 1 rings (SSSR count). The van der Waals surface area contributed by atoms with Gasteiger partial charge in [0.25, 0.3) is 0 Å². The van der Waals surface area contributed by atoms with Crippen molar-refractivity contribution < 1.29 is 9.13 Å². The minimum atomic E-state index is -0.396. The van der Waals surface area contributed by atoms with Crippen molar-refractivity contribution in [3.05, 3.63) is 23.6 Å². The molecule has 0 aliphatic carbocycles. The van der Waals surface area contributed by atoms with Gasteiger partial charge in [-0.2, -0.15) is 0 Å². The highest BCUT2D eigenvalue weighted by Gasteiger charge is 2.02. The Morgan fingerprint density at radius 3 is 2.82 bits per heavy atom. The number of hydrogen-bond acceptors (Lipinski definition) is 2. The molecule has 1 aromatic heterocycles. The quantitative estimate of drug-likeness (QED) is 0.649. The van der Waals surface area contributed by atoms with Crippen LogP contribution in [-0.4, -0.2) is 12.1 Å². The lowest BCUT2D eigenvalue weighted by Crippen LogP contribution is -1.93. The van der Waals surface area contributed by atoms with E-state index in [9.17, 15) is 4.39 Å². The van der Waals surface area contributed by atoms with E-state index < -0.39 is 5.82 Å². The van der Waals surface area contributed by atoms with Crippen molar-refractivity contribution in [1.29, 1.82) is 0 Å². The Morgan fingerprint density at radius 1 is 1.64 bits per heavy atom. The Morgan fingerprint density at radius 2 is 2.36 bits per heavy atom. The van der Waals surface area contributed by atoms with Gasteiger partial charge < -0.3 is 4.74 Å². The predicted octanol–water partition coefficient (Wildman–Crippen LogP) is 1.79. The zero-order valence-corrected chi connectivity index (χ0v) is 6.60. The summed E-state index contributed by atoms with van der Waals surface area (Å²) in [6, 6.07) is 1.44. The predicted molar refractivity (Wildman–Crippen MR) is 40.1 cm³/mol. The van der Waals surface area contributed by atoms with Crippen molar-refractivity contribution in [3.63, 3.8) is 0 Å². The minimum Gasteiger partial charge on any atom is -0.479 e. The summed E-state index contributed by atoms with van der Waals surface area (Å²) in [4.78, 5) is 3.77. The fourth-order valence-electron chi connectivity index (χ4n) is 0.809. The third-order valence-electron chi connectivity index (χ3n) is 1.47. The van der Waals surface area contributed by atoms with Crippen LogP contribution in [0, 0.1) is 5.82 Å². The van der Waals surface area contributed by atoms with Gasteiger partial charge in [-0.1, -0.05) is 6.92 Å². The summed E-state index contributed by atoms with van der Waals surface area (Å²) >= 11 is 0. The van der Waals surface area contributed by atoms with E-state index >= 15 is 0 Å². The molecule has 0 radical (unpaired) electrons. The van der Waals surface area contributed by atoms with Crippen molar-refractivity contribution in [1.82, 2.24) is 4.98 Å². The first kappa shape index (κ1) is 7.98. The molecule has 0 spiro atoms. The van der Waals surface area contributed by atoms with E-state index in [0.29, 0.717) is 0 Å². The smallest absolute Gasteiger partial charge is 0.250 e. The van der Waals surface area contributed by atoms with Gasteiger partial charge in [0.15, 0.2) is 5.82 Å². The monoisotopic (exact) mass is 155 g/mol. The van der Waals surface area contributed by atoms with Crippen LogP contribution in [0.2, 0.25) is 0 Å². The van der Waals surface area contributed by atoms with E-state index in [1.807, 2.05) is 6.92 Å². The van der Waals surface area contributed by atoms with Crippen LogP contribution >= 0.6 is 0 Å². The minimum absolute atomic E-state index is 0.0576. The van der Waals surface area contributed by atoms with Gasteiger partial charge in [0, 0.05) is 6.20 Å². The molecule has 0 aliphatic heterocycles. The zero-order chi connectivity index (χ0) is 8.27. The lowest BCUT2D eigenvalue weighted by atomic mass is 10.2. The van der Waals surface area contributed by atoms with Crippen LogP contribution < -0.4 is 4.74 Å². The van der Waals surface area contributed by atoms with E-state index in [2.05, 4.69) is 9.72 Å². The molecular weight excluding hydrogens is 145 g/mol. The average Bonchev–Trinajstić information content (AvgIpc) is 2.04. The van der Waals surface area contributed by atoms with Gasteiger partial charge >= 0.3 is 0 Å². The first-order chi connectivity index (χ1) is 5.27. The Hall–Kier alpha value is -1.12. The lowest BCUT2D eigenvalue weighted by Gasteiger charge is -2.00. The third-order valence-corrected chi connectivity index (χ3v) is 1.47. The largest absolute Gasteiger partial charge is 0.479 e. The van der Waals surface area contributed by atoms with Crippen molar-refractivity contribution in [2.75, 3.05) is 7.11 Å². The molecule has 3 heteroatoms. The van der Waals surface area contributed by atoms with Crippen LogP contribution in [0.25, 0.3) is 0 Å². The molecule has 0 bridgehead atoms. The molecule has 0 fully saturated rings. The second-order valence-corrected chi connectivity index (χ2v) is 2.19. The Bertz CT molecular complexity index is 250. The number of aryl methyl sites for hydroxylation is 1. The number of halogens is 1. The van der Waals surface area contributed by atoms with Gasteiger partial charge in [0.05, 0.1) is 7.11 Å². The maximum Gasteiger partial charge on any atom is 0.250 e. The molecule has 0 N–H and O–H groups in total. The van der Waals surface area contributed by atoms with E-state index in [-0.39, 0.29) is 5.88 Å². The first-order valence-electron chi connectivity index (χ1n) is 3.46. The van der Waals surface area contributed by atoms with Gasteiger partial charge in [-0.3, -0.25) is 0 Å². The molecule has 2 nitrogen and oxygen atoms in total. The maximum absolute atomic E-state index is 12.8. The molecule has 0 aliphatic rings. The molecule has 0 unspecified atom stereocenters. The molecule has 1 heterocycles.